The number of allylic oxidation sites excluding steroid dienone is 4. The van der Waals surface area contributed by atoms with E-state index in [9.17, 15) is 40.5 Å². The summed E-state index contributed by atoms with van der Waals surface area (Å²) < 4.78 is 11.2. The summed E-state index contributed by atoms with van der Waals surface area (Å²) in [6.45, 7) is 3.49. The van der Waals surface area contributed by atoms with E-state index in [2.05, 4.69) is 43.5 Å². The fourth-order valence-corrected chi connectivity index (χ4v) is 11.2. The van der Waals surface area contributed by atoms with E-state index in [4.69, 9.17) is 9.47 Å². The van der Waals surface area contributed by atoms with E-state index in [1.807, 2.05) is 0 Å². The first kappa shape index (κ1) is 75.6. The molecule has 9 atom stereocenters. The van der Waals surface area contributed by atoms with Gasteiger partial charge in [-0.05, 0) is 64.2 Å². The summed E-state index contributed by atoms with van der Waals surface area (Å²) in [5.74, 6) is -0.700. The highest BCUT2D eigenvalue weighted by Gasteiger charge is 2.44. The van der Waals surface area contributed by atoms with E-state index in [0.717, 1.165) is 38.5 Å². The lowest BCUT2D eigenvalue weighted by atomic mass is 9.98. The van der Waals surface area contributed by atoms with Gasteiger partial charge < -0.3 is 50.5 Å². The molecule has 1 fully saturated rings. The average Bonchev–Trinajstić information content (AvgIpc) is 3.46. The molecule has 1 rings (SSSR count). The Hall–Kier alpha value is -1.41. The molecule has 11 heteroatoms. The molecule has 1 saturated heterocycles. The molecule has 0 spiro atoms. The summed E-state index contributed by atoms with van der Waals surface area (Å²) in [7, 11) is 0. The van der Waals surface area contributed by atoms with Gasteiger partial charge in [-0.15, -0.1) is 0 Å². The van der Waals surface area contributed by atoms with Crippen LogP contribution < -0.4 is 5.32 Å². The third-order valence-electron chi connectivity index (χ3n) is 16.7. The molecule has 0 saturated carbocycles. The molecule has 1 heterocycles. The van der Waals surface area contributed by atoms with Crippen LogP contribution in [-0.4, -0.2) is 110 Å². The molecule has 0 bridgehead atoms. The van der Waals surface area contributed by atoms with Crippen molar-refractivity contribution in [1.82, 2.24) is 5.32 Å². The van der Waals surface area contributed by atoms with Crippen molar-refractivity contribution in [2.75, 3.05) is 13.2 Å². The van der Waals surface area contributed by atoms with Gasteiger partial charge in [0.2, 0.25) is 5.91 Å². The van der Waals surface area contributed by atoms with E-state index in [1.54, 1.807) is 0 Å². The first-order valence-corrected chi connectivity index (χ1v) is 34.2. The van der Waals surface area contributed by atoms with Crippen molar-refractivity contribution < 1.29 is 50.0 Å². The molecular formula is C68H131NO10. The highest BCUT2D eigenvalue weighted by atomic mass is 16.7. The lowest BCUT2D eigenvalue weighted by Crippen LogP contribution is -2.60. The minimum Gasteiger partial charge on any atom is -0.394 e. The van der Waals surface area contributed by atoms with Crippen LogP contribution in [-0.2, 0) is 14.3 Å². The second-order valence-corrected chi connectivity index (χ2v) is 24.2. The number of nitrogens with one attached hydrogen (secondary N) is 1. The summed E-state index contributed by atoms with van der Waals surface area (Å²) in [6, 6.07) is -1.18. The third kappa shape index (κ3) is 44.7. The summed E-state index contributed by atoms with van der Waals surface area (Å²) >= 11 is 0. The van der Waals surface area contributed by atoms with Crippen LogP contribution in [0.2, 0.25) is 0 Å². The van der Waals surface area contributed by atoms with E-state index < -0.39 is 74.2 Å². The van der Waals surface area contributed by atoms with Gasteiger partial charge in [0, 0.05) is 0 Å². The van der Waals surface area contributed by atoms with Crippen LogP contribution >= 0.6 is 0 Å². The zero-order valence-electron chi connectivity index (χ0n) is 51.6. The van der Waals surface area contributed by atoms with Crippen LogP contribution in [0.25, 0.3) is 0 Å². The van der Waals surface area contributed by atoms with E-state index >= 15 is 0 Å². The Morgan fingerprint density at radius 3 is 1.09 bits per heavy atom. The lowest BCUT2D eigenvalue weighted by Gasteiger charge is -2.40. The normalized spacial score (nSPS) is 19.4. The second kappa shape index (κ2) is 57.0. The van der Waals surface area contributed by atoms with E-state index in [-0.39, 0.29) is 12.8 Å². The number of carbonyl (C=O) groups excluding carboxylic acids is 1. The standard InChI is InChI=1S/C68H131NO10/c1-3-5-7-9-11-13-15-17-19-21-23-25-26-27-28-29-30-31-32-33-34-35-36-38-40-42-44-46-48-50-52-54-56-61(72)67(77)69-59(58-78-68-66(76)65(75)64(74)62(57-70)79-68)63(73)60(71)55-53-51-49-47-45-43-41-39-37-24-22-20-18-16-14-12-10-8-6-4-2/h27-28,47,49,59-66,68,70-76H,3-26,29-46,48,50-58H2,1-2H3,(H,69,77)/b28-27-,49-47+. The fraction of sp³-hybridized carbons (Fsp3) is 0.926. The molecule has 0 aromatic rings. The van der Waals surface area contributed by atoms with E-state index in [1.165, 1.54) is 257 Å². The largest absolute Gasteiger partial charge is 0.394 e. The Labute approximate surface area is 486 Å². The zero-order chi connectivity index (χ0) is 57.5. The van der Waals surface area contributed by atoms with Crippen LogP contribution in [0.4, 0.5) is 0 Å². The number of ether oxygens (including phenoxy) is 2. The Morgan fingerprint density at radius 1 is 0.430 bits per heavy atom. The molecule has 11 nitrogen and oxygen atoms in total. The molecule has 1 aliphatic rings. The SMILES string of the molecule is CCCCCCCCCCCCCC/C=C\CCCCCCCCCCCCCCCCCCC(O)C(=O)NC(COC1OC(CO)C(O)C(O)C1O)C(O)C(O)CCC/C=C/CCCCCCCCCCCCCCCCC. The van der Waals surface area contributed by atoms with Crippen molar-refractivity contribution >= 4 is 5.91 Å². The molecule has 79 heavy (non-hydrogen) atoms. The summed E-state index contributed by atoms with van der Waals surface area (Å²) in [4.78, 5) is 13.2. The minimum atomic E-state index is -1.67. The first-order valence-electron chi connectivity index (χ1n) is 34.2. The van der Waals surface area contributed by atoms with Crippen molar-refractivity contribution in [3.63, 3.8) is 0 Å². The Morgan fingerprint density at radius 2 is 0.747 bits per heavy atom. The molecule has 0 aromatic heterocycles. The predicted molar refractivity (Wildman–Crippen MR) is 330 cm³/mol. The number of hydrogen-bond donors (Lipinski definition) is 8. The van der Waals surface area contributed by atoms with Crippen LogP contribution in [0.1, 0.15) is 335 Å². The van der Waals surface area contributed by atoms with Crippen LogP contribution in [0.3, 0.4) is 0 Å². The molecule has 1 amide bonds. The number of hydrogen-bond acceptors (Lipinski definition) is 10. The third-order valence-corrected chi connectivity index (χ3v) is 16.7. The quantitative estimate of drug-likeness (QED) is 0.0215. The number of unbranched alkanes of at least 4 members (excludes halogenated alkanes) is 44. The topological polar surface area (TPSA) is 189 Å². The summed E-state index contributed by atoms with van der Waals surface area (Å²) in [6.07, 6.45) is 59.8. The van der Waals surface area contributed by atoms with Gasteiger partial charge in [-0.3, -0.25) is 4.79 Å². The zero-order valence-corrected chi connectivity index (χ0v) is 51.6. The fourth-order valence-electron chi connectivity index (χ4n) is 11.2. The Kier molecular flexibility index (Phi) is 54.6. The van der Waals surface area contributed by atoms with Crippen molar-refractivity contribution in [2.45, 2.75) is 390 Å². The molecule has 468 valence electrons. The van der Waals surface area contributed by atoms with Crippen molar-refractivity contribution in [2.24, 2.45) is 0 Å². The maximum absolute atomic E-state index is 13.2. The molecule has 0 radical (unpaired) electrons. The van der Waals surface area contributed by atoms with Crippen molar-refractivity contribution in [3.05, 3.63) is 24.3 Å². The Bertz CT molecular complexity index is 1330. The number of rotatable bonds is 60. The number of carbonyl (C=O) groups is 1. The first-order chi connectivity index (χ1) is 38.7. The van der Waals surface area contributed by atoms with Crippen LogP contribution in [0, 0.1) is 0 Å². The molecule has 9 unspecified atom stereocenters. The van der Waals surface area contributed by atoms with Gasteiger partial charge in [0.15, 0.2) is 6.29 Å². The maximum Gasteiger partial charge on any atom is 0.249 e. The van der Waals surface area contributed by atoms with Gasteiger partial charge in [0.1, 0.15) is 36.6 Å². The number of aliphatic hydroxyl groups is 7. The summed E-state index contributed by atoms with van der Waals surface area (Å²) in [5.41, 5.74) is 0. The highest BCUT2D eigenvalue weighted by Crippen LogP contribution is 2.24. The van der Waals surface area contributed by atoms with Gasteiger partial charge in [-0.1, -0.05) is 295 Å². The molecule has 0 aromatic carbocycles. The highest BCUT2D eigenvalue weighted by molar-refractivity contribution is 5.80. The molecule has 0 aliphatic carbocycles. The van der Waals surface area contributed by atoms with Crippen molar-refractivity contribution in [3.8, 4) is 0 Å². The monoisotopic (exact) mass is 1120 g/mol. The average molecular weight is 1120 g/mol. The minimum absolute atomic E-state index is 0.257. The van der Waals surface area contributed by atoms with Gasteiger partial charge in [0.05, 0.1) is 25.4 Å². The number of aliphatic hydroxyl groups excluding tert-OH is 7. The van der Waals surface area contributed by atoms with Gasteiger partial charge >= 0.3 is 0 Å². The lowest BCUT2D eigenvalue weighted by molar-refractivity contribution is -0.303. The molecular weight excluding hydrogens is 991 g/mol. The van der Waals surface area contributed by atoms with Gasteiger partial charge in [-0.25, -0.2) is 0 Å². The maximum atomic E-state index is 13.2. The number of amides is 1. The smallest absolute Gasteiger partial charge is 0.249 e. The summed E-state index contributed by atoms with van der Waals surface area (Å²) in [5, 5.41) is 76.4. The van der Waals surface area contributed by atoms with Crippen molar-refractivity contribution in [1.29, 1.82) is 0 Å². The predicted octanol–water partition coefficient (Wildman–Crippen LogP) is 16.0. The van der Waals surface area contributed by atoms with E-state index in [0.29, 0.717) is 12.8 Å². The van der Waals surface area contributed by atoms with Gasteiger partial charge in [0.25, 0.3) is 0 Å². The molecule has 1 aliphatic heterocycles. The van der Waals surface area contributed by atoms with Gasteiger partial charge in [-0.2, -0.15) is 0 Å². The molecule has 8 N–H and O–H groups in total. The second-order valence-electron chi connectivity index (χ2n) is 24.2. The van der Waals surface area contributed by atoms with Crippen LogP contribution in [0.15, 0.2) is 24.3 Å². The Balaban J connectivity index is 2.20. The van der Waals surface area contributed by atoms with Crippen LogP contribution in [0.5, 0.6) is 0 Å².